The predicted octanol–water partition coefficient (Wildman–Crippen LogP) is 0.113. The fourth-order valence-corrected chi connectivity index (χ4v) is 0.631. The summed E-state index contributed by atoms with van der Waals surface area (Å²) in [6, 6.07) is -0.268. The van der Waals surface area contributed by atoms with Crippen molar-refractivity contribution in [1.29, 1.82) is 0 Å². The molecular formula is C8H13NO2. The van der Waals surface area contributed by atoms with Gasteiger partial charge in [-0.2, -0.15) is 0 Å². The van der Waals surface area contributed by atoms with Crippen LogP contribution in [0.25, 0.3) is 0 Å². The van der Waals surface area contributed by atoms with Crippen LogP contribution in [0.1, 0.15) is 6.92 Å². The van der Waals surface area contributed by atoms with Crippen LogP contribution in [0.15, 0.2) is 0 Å². The maximum atomic E-state index is 10.9. The average molecular weight is 155 g/mol. The Labute approximate surface area is 67.3 Å². The first-order valence-electron chi connectivity index (χ1n) is 3.35. The third kappa shape index (κ3) is 3.06. The number of rotatable bonds is 3. The molecule has 0 saturated heterocycles. The van der Waals surface area contributed by atoms with Gasteiger partial charge in [0.2, 0.25) is 0 Å². The molecule has 0 aliphatic rings. The molecule has 0 rings (SSSR count). The number of carbonyl (C=O) groups is 1. The molecule has 0 fully saturated rings. The lowest BCUT2D eigenvalue weighted by Crippen LogP contribution is -2.36. The second-order valence-electron chi connectivity index (χ2n) is 2.32. The van der Waals surface area contributed by atoms with E-state index in [0.29, 0.717) is 6.54 Å². The Morgan fingerprint density at radius 1 is 1.82 bits per heavy atom. The zero-order valence-corrected chi connectivity index (χ0v) is 7.13. The van der Waals surface area contributed by atoms with E-state index in [2.05, 4.69) is 10.7 Å². The first-order valence-corrected chi connectivity index (χ1v) is 3.35. The van der Waals surface area contributed by atoms with Crippen molar-refractivity contribution in [1.82, 2.24) is 4.90 Å². The van der Waals surface area contributed by atoms with Gasteiger partial charge in [0.05, 0.1) is 13.7 Å². The van der Waals surface area contributed by atoms with E-state index in [4.69, 9.17) is 6.42 Å². The Morgan fingerprint density at radius 3 is 2.73 bits per heavy atom. The fraction of sp³-hybridized carbons (Fsp3) is 0.625. The molecule has 0 amide bonds. The van der Waals surface area contributed by atoms with Gasteiger partial charge in [-0.3, -0.25) is 9.69 Å². The zero-order valence-electron chi connectivity index (χ0n) is 7.13. The topological polar surface area (TPSA) is 29.5 Å². The molecule has 0 aliphatic heterocycles. The normalized spacial score (nSPS) is 12.3. The van der Waals surface area contributed by atoms with Crippen LogP contribution in [0.3, 0.4) is 0 Å². The lowest BCUT2D eigenvalue weighted by atomic mass is 10.3. The average Bonchev–Trinajstić information content (AvgIpc) is 2.02. The maximum absolute atomic E-state index is 10.9. The molecule has 0 saturated carbocycles. The van der Waals surface area contributed by atoms with Crippen LogP contribution in [0.2, 0.25) is 0 Å². The molecular weight excluding hydrogens is 142 g/mol. The van der Waals surface area contributed by atoms with E-state index in [9.17, 15) is 4.79 Å². The third-order valence-electron chi connectivity index (χ3n) is 1.54. The minimum Gasteiger partial charge on any atom is -0.468 e. The van der Waals surface area contributed by atoms with Crippen molar-refractivity contribution < 1.29 is 9.53 Å². The van der Waals surface area contributed by atoms with Gasteiger partial charge in [-0.15, -0.1) is 6.42 Å². The summed E-state index contributed by atoms with van der Waals surface area (Å²) in [7, 11) is 3.14. The molecule has 0 bridgehead atoms. The Balaban J connectivity index is 3.92. The monoisotopic (exact) mass is 155 g/mol. The number of carbonyl (C=O) groups excluding carboxylic acids is 1. The summed E-state index contributed by atoms with van der Waals surface area (Å²) in [5, 5.41) is 0. The molecule has 0 aromatic carbocycles. The second kappa shape index (κ2) is 4.75. The summed E-state index contributed by atoms with van der Waals surface area (Å²) in [5.41, 5.74) is 0. The first-order chi connectivity index (χ1) is 5.13. The number of hydrogen-bond acceptors (Lipinski definition) is 3. The van der Waals surface area contributed by atoms with Crippen LogP contribution in [0.4, 0.5) is 0 Å². The predicted molar refractivity (Wildman–Crippen MR) is 42.9 cm³/mol. The second-order valence-corrected chi connectivity index (χ2v) is 2.32. The van der Waals surface area contributed by atoms with E-state index in [1.54, 1.807) is 18.9 Å². The maximum Gasteiger partial charge on any atom is 0.322 e. The number of likely N-dealkylation sites (N-methyl/N-ethyl adjacent to an activating group) is 1. The van der Waals surface area contributed by atoms with Gasteiger partial charge in [-0.25, -0.2) is 0 Å². The minimum absolute atomic E-state index is 0.261. The van der Waals surface area contributed by atoms with E-state index in [0.717, 1.165) is 0 Å². The lowest BCUT2D eigenvalue weighted by molar-refractivity contribution is -0.145. The molecule has 0 aromatic heterocycles. The highest BCUT2D eigenvalue weighted by Gasteiger charge is 2.16. The highest BCUT2D eigenvalue weighted by Crippen LogP contribution is 1.95. The third-order valence-corrected chi connectivity index (χ3v) is 1.54. The molecule has 11 heavy (non-hydrogen) atoms. The van der Waals surface area contributed by atoms with Crippen molar-refractivity contribution in [2.75, 3.05) is 20.7 Å². The van der Waals surface area contributed by atoms with Gasteiger partial charge in [0.25, 0.3) is 0 Å². The van der Waals surface area contributed by atoms with Gasteiger partial charge >= 0.3 is 5.97 Å². The Morgan fingerprint density at radius 2 is 2.36 bits per heavy atom. The Hall–Kier alpha value is -1.01. The van der Waals surface area contributed by atoms with Crippen LogP contribution in [0, 0.1) is 12.3 Å². The quantitative estimate of drug-likeness (QED) is 0.428. The van der Waals surface area contributed by atoms with Crippen molar-refractivity contribution in [2.24, 2.45) is 0 Å². The van der Waals surface area contributed by atoms with Crippen molar-refractivity contribution >= 4 is 5.97 Å². The molecule has 0 N–H and O–H groups in total. The van der Waals surface area contributed by atoms with Crippen molar-refractivity contribution in [3.05, 3.63) is 0 Å². The van der Waals surface area contributed by atoms with Crippen LogP contribution in [-0.4, -0.2) is 37.6 Å². The Kier molecular flexibility index (Phi) is 4.32. The molecule has 62 valence electrons. The van der Waals surface area contributed by atoms with Gasteiger partial charge in [0.15, 0.2) is 0 Å². The highest BCUT2D eigenvalue weighted by molar-refractivity contribution is 5.75. The summed E-state index contributed by atoms with van der Waals surface area (Å²) >= 11 is 0. The molecule has 0 spiro atoms. The number of hydrogen-bond donors (Lipinski definition) is 0. The SMILES string of the molecule is C#CCN(C)C(C)C(=O)OC. The number of terminal acetylenes is 1. The summed E-state index contributed by atoms with van der Waals surface area (Å²) in [5.74, 6) is 2.18. The molecule has 0 aromatic rings. The van der Waals surface area contributed by atoms with Crippen molar-refractivity contribution in [2.45, 2.75) is 13.0 Å². The molecule has 1 unspecified atom stereocenters. The lowest BCUT2D eigenvalue weighted by Gasteiger charge is -2.19. The molecule has 1 atom stereocenters. The van der Waals surface area contributed by atoms with Gasteiger partial charge < -0.3 is 4.74 Å². The molecule has 3 heteroatoms. The standard InChI is InChI=1S/C8H13NO2/c1-5-6-9(3)7(2)8(10)11-4/h1,7H,6H2,2-4H3. The van der Waals surface area contributed by atoms with Crippen LogP contribution >= 0.6 is 0 Å². The number of nitrogens with zero attached hydrogens (tertiary/aromatic N) is 1. The van der Waals surface area contributed by atoms with Crippen LogP contribution < -0.4 is 0 Å². The summed E-state index contributed by atoms with van der Waals surface area (Å²) < 4.78 is 4.53. The van der Waals surface area contributed by atoms with E-state index in [1.807, 2.05) is 0 Å². The first kappa shape index (κ1) is 9.99. The molecule has 3 nitrogen and oxygen atoms in total. The number of esters is 1. The van der Waals surface area contributed by atoms with Crippen LogP contribution in [-0.2, 0) is 9.53 Å². The number of ether oxygens (including phenoxy) is 1. The van der Waals surface area contributed by atoms with Gasteiger partial charge in [0, 0.05) is 0 Å². The van der Waals surface area contributed by atoms with Crippen LogP contribution in [0.5, 0.6) is 0 Å². The fourth-order valence-electron chi connectivity index (χ4n) is 0.631. The van der Waals surface area contributed by atoms with Gasteiger partial charge in [-0.1, -0.05) is 5.92 Å². The minimum atomic E-state index is -0.268. The van der Waals surface area contributed by atoms with E-state index in [-0.39, 0.29) is 12.0 Å². The van der Waals surface area contributed by atoms with Crippen molar-refractivity contribution in [3.8, 4) is 12.3 Å². The van der Waals surface area contributed by atoms with E-state index >= 15 is 0 Å². The molecule has 0 aliphatic carbocycles. The zero-order chi connectivity index (χ0) is 8.85. The van der Waals surface area contributed by atoms with Crippen molar-refractivity contribution in [3.63, 3.8) is 0 Å². The van der Waals surface area contributed by atoms with E-state index in [1.165, 1.54) is 7.11 Å². The molecule has 0 radical (unpaired) electrons. The van der Waals surface area contributed by atoms with Gasteiger partial charge in [0.1, 0.15) is 6.04 Å². The Bertz CT molecular complexity index is 171. The summed E-state index contributed by atoms with van der Waals surface area (Å²) in [6.45, 7) is 2.21. The largest absolute Gasteiger partial charge is 0.468 e. The summed E-state index contributed by atoms with van der Waals surface area (Å²) in [4.78, 5) is 12.6. The van der Waals surface area contributed by atoms with E-state index < -0.39 is 0 Å². The summed E-state index contributed by atoms with van der Waals surface area (Å²) in [6.07, 6.45) is 5.07. The number of methoxy groups -OCH3 is 1. The smallest absolute Gasteiger partial charge is 0.322 e. The molecule has 0 heterocycles. The highest BCUT2D eigenvalue weighted by atomic mass is 16.5. The van der Waals surface area contributed by atoms with Gasteiger partial charge in [-0.05, 0) is 14.0 Å².